The number of fused-ring (bicyclic) bond motifs is 1. The summed E-state index contributed by atoms with van der Waals surface area (Å²) in [6.07, 6.45) is 0.646. The summed E-state index contributed by atoms with van der Waals surface area (Å²) in [5, 5.41) is 0.635. The molecule has 1 heterocycles. The lowest BCUT2D eigenvalue weighted by atomic mass is 10.1. The van der Waals surface area contributed by atoms with Gasteiger partial charge >= 0.3 is 0 Å². The number of aromatic amines is 1. The maximum atomic E-state index is 12.0. The fourth-order valence-electron chi connectivity index (χ4n) is 2.21. The van der Waals surface area contributed by atoms with Crippen molar-refractivity contribution in [3.05, 3.63) is 75.8 Å². The molecule has 0 bridgehead atoms. The summed E-state index contributed by atoms with van der Waals surface area (Å²) in [6, 6.07) is 15.5. The SMILES string of the molecule is Cc1ccccc1Cc1nc2ccccc2c(=O)[nH]1. The van der Waals surface area contributed by atoms with Crippen molar-refractivity contribution >= 4 is 10.9 Å². The van der Waals surface area contributed by atoms with Gasteiger partial charge in [-0.3, -0.25) is 4.79 Å². The number of nitrogens with zero attached hydrogens (tertiary/aromatic N) is 1. The molecular formula is C16H14N2O. The standard InChI is InChI=1S/C16H14N2O/c1-11-6-2-3-7-12(11)10-15-17-14-9-5-4-8-13(14)16(19)18-15/h2-9H,10H2,1H3,(H,17,18,19). The van der Waals surface area contributed by atoms with Crippen LogP contribution in [0, 0.1) is 6.92 Å². The predicted molar refractivity (Wildman–Crippen MR) is 76.3 cm³/mol. The Morgan fingerprint density at radius 1 is 1.05 bits per heavy atom. The number of benzene rings is 2. The Balaban J connectivity index is 2.07. The quantitative estimate of drug-likeness (QED) is 0.760. The molecular weight excluding hydrogens is 236 g/mol. The van der Waals surface area contributed by atoms with E-state index in [1.807, 2.05) is 30.3 Å². The van der Waals surface area contributed by atoms with E-state index in [1.165, 1.54) is 11.1 Å². The third kappa shape index (κ3) is 2.27. The number of hydrogen-bond acceptors (Lipinski definition) is 2. The topological polar surface area (TPSA) is 45.8 Å². The second-order valence-corrected chi connectivity index (χ2v) is 4.63. The monoisotopic (exact) mass is 250 g/mol. The number of nitrogens with one attached hydrogen (secondary N) is 1. The van der Waals surface area contributed by atoms with Gasteiger partial charge in [0, 0.05) is 6.42 Å². The minimum Gasteiger partial charge on any atom is -0.310 e. The van der Waals surface area contributed by atoms with Gasteiger partial charge in [0.25, 0.3) is 5.56 Å². The normalized spacial score (nSPS) is 10.8. The molecule has 0 spiro atoms. The fraction of sp³-hybridized carbons (Fsp3) is 0.125. The van der Waals surface area contributed by atoms with Crippen molar-refractivity contribution in [2.45, 2.75) is 13.3 Å². The van der Waals surface area contributed by atoms with Crippen LogP contribution in [0.3, 0.4) is 0 Å². The Morgan fingerprint density at radius 3 is 2.63 bits per heavy atom. The fourth-order valence-corrected chi connectivity index (χ4v) is 2.21. The van der Waals surface area contributed by atoms with E-state index in [2.05, 4.69) is 29.0 Å². The highest BCUT2D eigenvalue weighted by Gasteiger charge is 2.05. The van der Waals surface area contributed by atoms with Gasteiger partial charge in [0.05, 0.1) is 10.9 Å². The molecule has 3 aromatic rings. The van der Waals surface area contributed by atoms with Gasteiger partial charge < -0.3 is 4.98 Å². The highest BCUT2D eigenvalue weighted by atomic mass is 16.1. The Kier molecular flexibility index (Phi) is 2.88. The Bertz CT molecular complexity index is 790. The van der Waals surface area contributed by atoms with E-state index in [4.69, 9.17) is 0 Å². The van der Waals surface area contributed by atoms with Crippen LogP contribution in [-0.2, 0) is 6.42 Å². The molecule has 1 aromatic heterocycles. The third-order valence-corrected chi connectivity index (χ3v) is 3.28. The van der Waals surface area contributed by atoms with E-state index in [0.717, 1.165) is 5.52 Å². The molecule has 0 aliphatic carbocycles. The number of hydrogen-bond donors (Lipinski definition) is 1. The maximum Gasteiger partial charge on any atom is 0.258 e. The molecule has 0 saturated heterocycles. The molecule has 0 atom stereocenters. The van der Waals surface area contributed by atoms with Crippen LogP contribution in [0.1, 0.15) is 17.0 Å². The minimum absolute atomic E-state index is 0.0748. The van der Waals surface area contributed by atoms with E-state index in [1.54, 1.807) is 6.07 Å². The first-order valence-corrected chi connectivity index (χ1v) is 6.26. The summed E-state index contributed by atoms with van der Waals surface area (Å²) in [7, 11) is 0. The van der Waals surface area contributed by atoms with Crippen molar-refractivity contribution in [1.29, 1.82) is 0 Å². The van der Waals surface area contributed by atoms with Gasteiger partial charge in [-0.05, 0) is 30.2 Å². The molecule has 2 aromatic carbocycles. The summed E-state index contributed by atoms with van der Waals surface area (Å²) in [4.78, 5) is 19.4. The van der Waals surface area contributed by atoms with Crippen LogP contribution < -0.4 is 5.56 Å². The van der Waals surface area contributed by atoms with Crippen LogP contribution in [0.4, 0.5) is 0 Å². The lowest BCUT2D eigenvalue weighted by molar-refractivity contribution is 0.965. The number of rotatable bonds is 2. The van der Waals surface area contributed by atoms with Crippen molar-refractivity contribution in [1.82, 2.24) is 9.97 Å². The Labute approximate surface area is 111 Å². The number of aromatic nitrogens is 2. The van der Waals surface area contributed by atoms with E-state index < -0.39 is 0 Å². The zero-order valence-electron chi connectivity index (χ0n) is 10.7. The first-order valence-electron chi connectivity index (χ1n) is 6.26. The van der Waals surface area contributed by atoms with Gasteiger partial charge in [-0.15, -0.1) is 0 Å². The van der Waals surface area contributed by atoms with Crippen molar-refractivity contribution in [2.75, 3.05) is 0 Å². The second kappa shape index (κ2) is 4.69. The molecule has 0 aliphatic rings. The molecule has 3 heteroatoms. The van der Waals surface area contributed by atoms with Gasteiger partial charge in [-0.2, -0.15) is 0 Å². The zero-order valence-corrected chi connectivity index (χ0v) is 10.7. The van der Waals surface area contributed by atoms with Crippen LogP contribution in [0.5, 0.6) is 0 Å². The lowest BCUT2D eigenvalue weighted by Crippen LogP contribution is -2.12. The van der Waals surface area contributed by atoms with E-state index >= 15 is 0 Å². The van der Waals surface area contributed by atoms with Gasteiger partial charge in [-0.1, -0.05) is 36.4 Å². The third-order valence-electron chi connectivity index (χ3n) is 3.28. The number of aryl methyl sites for hydroxylation is 1. The zero-order chi connectivity index (χ0) is 13.2. The van der Waals surface area contributed by atoms with Gasteiger partial charge in [0.1, 0.15) is 5.82 Å². The average molecular weight is 250 g/mol. The Morgan fingerprint density at radius 2 is 1.79 bits per heavy atom. The summed E-state index contributed by atoms with van der Waals surface area (Å²) in [5.41, 5.74) is 3.06. The average Bonchev–Trinajstić information content (AvgIpc) is 2.42. The van der Waals surface area contributed by atoms with E-state index in [0.29, 0.717) is 17.6 Å². The summed E-state index contributed by atoms with van der Waals surface area (Å²) < 4.78 is 0. The molecule has 0 radical (unpaired) electrons. The second-order valence-electron chi connectivity index (χ2n) is 4.63. The van der Waals surface area contributed by atoms with Crippen molar-refractivity contribution in [2.24, 2.45) is 0 Å². The summed E-state index contributed by atoms with van der Waals surface area (Å²) in [6.45, 7) is 2.06. The summed E-state index contributed by atoms with van der Waals surface area (Å²) >= 11 is 0. The van der Waals surface area contributed by atoms with Gasteiger partial charge in [0.2, 0.25) is 0 Å². The maximum absolute atomic E-state index is 12.0. The first-order chi connectivity index (χ1) is 9.24. The molecule has 0 aliphatic heterocycles. The smallest absolute Gasteiger partial charge is 0.258 e. The van der Waals surface area contributed by atoms with Crippen molar-refractivity contribution in [3.63, 3.8) is 0 Å². The minimum atomic E-state index is -0.0748. The Hall–Kier alpha value is -2.42. The van der Waals surface area contributed by atoms with E-state index in [9.17, 15) is 4.79 Å². The van der Waals surface area contributed by atoms with Crippen LogP contribution in [0.25, 0.3) is 10.9 Å². The molecule has 0 unspecified atom stereocenters. The molecule has 19 heavy (non-hydrogen) atoms. The largest absolute Gasteiger partial charge is 0.310 e. The summed E-state index contributed by atoms with van der Waals surface area (Å²) in [5.74, 6) is 0.706. The van der Waals surface area contributed by atoms with E-state index in [-0.39, 0.29) is 5.56 Å². The molecule has 0 fully saturated rings. The van der Waals surface area contributed by atoms with Crippen LogP contribution in [0.15, 0.2) is 53.3 Å². The first kappa shape index (κ1) is 11.7. The highest BCUT2D eigenvalue weighted by Crippen LogP contribution is 2.12. The molecule has 94 valence electrons. The van der Waals surface area contributed by atoms with Gasteiger partial charge in [-0.25, -0.2) is 4.98 Å². The molecule has 3 nitrogen and oxygen atoms in total. The molecule has 0 amide bonds. The van der Waals surface area contributed by atoms with Crippen LogP contribution in [-0.4, -0.2) is 9.97 Å². The van der Waals surface area contributed by atoms with Crippen LogP contribution >= 0.6 is 0 Å². The highest BCUT2D eigenvalue weighted by molar-refractivity contribution is 5.77. The predicted octanol–water partition coefficient (Wildman–Crippen LogP) is 2.82. The van der Waals surface area contributed by atoms with Gasteiger partial charge in [0.15, 0.2) is 0 Å². The van der Waals surface area contributed by atoms with Crippen LogP contribution in [0.2, 0.25) is 0 Å². The number of H-pyrrole nitrogens is 1. The van der Waals surface area contributed by atoms with Crippen molar-refractivity contribution in [3.8, 4) is 0 Å². The van der Waals surface area contributed by atoms with Crippen molar-refractivity contribution < 1.29 is 0 Å². The lowest BCUT2D eigenvalue weighted by Gasteiger charge is -2.06. The number of para-hydroxylation sites is 1. The molecule has 0 saturated carbocycles. The molecule has 1 N–H and O–H groups in total. The molecule has 3 rings (SSSR count).